The van der Waals surface area contributed by atoms with Crippen LogP contribution in [0.25, 0.3) is 21.7 Å². The number of aliphatic hydroxyl groups is 2. The quantitative estimate of drug-likeness (QED) is 0.0495. The summed E-state index contributed by atoms with van der Waals surface area (Å²) < 4.78 is 59.0. The van der Waals surface area contributed by atoms with Gasteiger partial charge < -0.3 is 34.0 Å². The maximum Gasteiger partial charge on any atom is 0.245 e. The second-order valence-electron chi connectivity index (χ2n) is 17.6. The van der Waals surface area contributed by atoms with E-state index in [1.807, 2.05) is 54.6 Å². The minimum absolute atomic E-state index is 0.00829. The average Bonchev–Trinajstić information content (AvgIpc) is 3.33. The number of rotatable bonds is 18. The highest BCUT2D eigenvalue weighted by molar-refractivity contribution is 7.89. The first-order valence-corrected chi connectivity index (χ1v) is 24.5. The van der Waals surface area contributed by atoms with E-state index in [-0.39, 0.29) is 48.9 Å². The molecule has 342 valence electrons. The molecule has 2 aliphatic heterocycles. The van der Waals surface area contributed by atoms with Crippen molar-refractivity contribution in [3.05, 3.63) is 127 Å². The van der Waals surface area contributed by atoms with Crippen molar-refractivity contribution in [1.82, 2.24) is 9.29 Å². The van der Waals surface area contributed by atoms with E-state index in [1.165, 1.54) is 4.31 Å². The zero-order valence-electron chi connectivity index (χ0n) is 37.0. The highest BCUT2D eigenvalue weighted by Gasteiger charge is 2.66. The van der Waals surface area contributed by atoms with E-state index < -0.39 is 34.1 Å². The van der Waals surface area contributed by atoms with E-state index in [2.05, 4.69) is 35.8 Å². The molecule has 2 fully saturated rings. The molecule has 9 rings (SSSR count). The second-order valence-corrected chi connectivity index (χ2v) is 19.6. The van der Waals surface area contributed by atoms with Gasteiger partial charge in [0.25, 0.3) is 0 Å². The van der Waals surface area contributed by atoms with Gasteiger partial charge in [-0.3, -0.25) is 4.98 Å². The molecule has 4 aliphatic rings. The molecule has 1 unspecified atom stereocenters. The highest BCUT2D eigenvalue weighted by Crippen LogP contribution is 2.62. The Labute approximate surface area is 381 Å². The zero-order chi connectivity index (χ0) is 45.0. The Morgan fingerprint density at radius 1 is 0.908 bits per heavy atom. The third kappa shape index (κ3) is 8.94. The summed E-state index contributed by atoms with van der Waals surface area (Å²) in [5.41, 5.74) is 2.76. The van der Waals surface area contributed by atoms with Crippen LogP contribution in [0.3, 0.4) is 0 Å². The van der Waals surface area contributed by atoms with Crippen LogP contribution in [0.5, 0.6) is 17.2 Å². The molecule has 0 bridgehead atoms. The fourth-order valence-electron chi connectivity index (χ4n) is 10.7. The number of para-hydroxylation sites is 1. The molecule has 3 heterocycles. The lowest BCUT2D eigenvalue weighted by atomic mass is 9.55. The zero-order valence-corrected chi connectivity index (χ0v) is 37.8. The topological polar surface area (TPSA) is 149 Å². The number of aromatic nitrogens is 1. The summed E-state index contributed by atoms with van der Waals surface area (Å²) in [5, 5.41) is 27.8. The number of unbranched alkanes of at least 4 members (excludes halogenated alkanes) is 2. The maximum atomic E-state index is 15.3. The number of ether oxygens (including phenoxy) is 4. The molecule has 1 saturated carbocycles. The van der Waals surface area contributed by atoms with Crippen molar-refractivity contribution in [1.29, 1.82) is 0 Å². The van der Waals surface area contributed by atoms with Gasteiger partial charge in [-0.25, -0.2) is 8.42 Å². The predicted molar refractivity (Wildman–Crippen MR) is 250 cm³/mol. The molecule has 0 radical (unpaired) electrons. The van der Waals surface area contributed by atoms with Crippen LogP contribution in [0.4, 0.5) is 0 Å². The number of aliphatic hydroxyl groups excluding tert-OH is 2. The normalized spacial score (nSPS) is 25.7. The molecule has 1 aromatic heterocycles. The third-order valence-corrected chi connectivity index (χ3v) is 15.6. The fraction of sp³-hybridized carbons (Fsp3) is 0.423. The van der Waals surface area contributed by atoms with Crippen LogP contribution in [-0.2, 0) is 24.3 Å². The van der Waals surface area contributed by atoms with Crippen molar-refractivity contribution in [3.8, 4) is 17.2 Å². The van der Waals surface area contributed by atoms with Crippen LogP contribution < -0.4 is 9.47 Å². The van der Waals surface area contributed by atoms with Crippen molar-refractivity contribution in [2.45, 2.75) is 93.1 Å². The van der Waals surface area contributed by atoms with Crippen LogP contribution in [0.15, 0.2) is 132 Å². The molecule has 65 heavy (non-hydrogen) atoms. The van der Waals surface area contributed by atoms with Gasteiger partial charge in [-0.05, 0) is 109 Å². The number of likely N-dealkylation sites (N-methyl/N-ethyl adjacent to an activating group) is 1. The Kier molecular flexibility index (Phi) is 13.7. The van der Waals surface area contributed by atoms with Crippen LogP contribution in [-0.4, -0.2) is 85.2 Å². The first kappa shape index (κ1) is 45.0. The van der Waals surface area contributed by atoms with Crippen LogP contribution in [0, 0.1) is 17.8 Å². The number of oxime groups is 1. The highest BCUT2D eigenvalue weighted by atomic mass is 32.2. The van der Waals surface area contributed by atoms with Crippen molar-refractivity contribution in [3.63, 3.8) is 0 Å². The number of hydrogen-bond acceptors (Lipinski definition) is 11. The SMILES string of the molecule is C=CCO[C@@]12Oc3ccc(Oc4ccc5ccccc5c4)cc3[C@H]3[C@H](CCCCO)[C@@H](CCCCO)C=C(C(=NOC4CCCCO4)C[C@@H]1N(C)S(=O)(=O)c1cccc4cccnc14)[C@H]32. The minimum atomic E-state index is -4.28. The summed E-state index contributed by atoms with van der Waals surface area (Å²) in [6.45, 7) is 4.83. The van der Waals surface area contributed by atoms with Gasteiger partial charge in [0.05, 0.1) is 36.4 Å². The molecule has 2 aliphatic carbocycles. The van der Waals surface area contributed by atoms with E-state index >= 15 is 8.42 Å². The standard InChI is InChI=1S/C52H59N3O9S/c1-3-29-61-52-47(55(2)65(58,59)46-20-12-17-36-18-13-26-53-51(36)46)34-44(54-64-48-21-8-11-30-60-48)42-32-38(16-6-9-27-56)41(19-7-10-28-57)49(50(42)52)43-33-40(24-25-45(43)63-52)62-39-23-22-35-14-4-5-15-37(35)31-39/h3-5,12-15,17-18,20,22-26,31-33,38,41,47-50,56-57H,1,6-11,16,19,21,27-30,34H2,2H3/t38-,41+,47-,48?,49+,50+,52+/m0/s1. The lowest BCUT2D eigenvalue weighted by molar-refractivity contribution is -0.250. The molecular weight excluding hydrogens is 843 g/mol. The fourth-order valence-corrected chi connectivity index (χ4v) is 12.2. The molecule has 0 spiro atoms. The number of fused-ring (bicyclic) bond motifs is 4. The Bertz CT molecular complexity index is 2660. The third-order valence-electron chi connectivity index (χ3n) is 13.7. The molecular formula is C52H59N3O9S. The second kappa shape index (κ2) is 19.8. The van der Waals surface area contributed by atoms with Crippen molar-refractivity contribution < 1.29 is 42.4 Å². The average molecular weight is 902 g/mol. The maximum absolute atomic E-state index is 15.3. The smallest absolute Gasteiger partial charge is 0.245 e. The molecule has 2 N–H and O–H groups in total. The van der Waals surface area contributed by atoms with E-state index in [9.17, 15) is 10.2 Å². The van der Waals surface area contributed by atoms with Crippen LogP contribution in [0.2, 0.25) is 0 Å². The van der Waals surface area contributed by atoms with Crippen molar-refractivity contribution >= 4 is 37.4 Å². The number of sulfonamides is 1. The molecule has 5 aromatic rings. The predicted octanol–water partition coefficient (Wildman–Crippen LogP) is 9.66. The Hall–Kier alpha value is -5.15. The van der Waals surface area contributed by atoms with Gasteiger partial charge in [-0.15, -0.1) is 6.58 Å². The van der Waals surface area contributed by atoms with Crippen molar-refractivity contribution in [2.24, 2.45) is 22.9 Å². The molecule has 1 saturated heterocycles. The molecule has 7 atom stereocenters. The summed E-state index contributed by atoms with van der Waals surface area (Å²) in [6, 6.07) is 27.9. The monoisotopic (exact) mass is 901 g/mol. The lowest BCUT2D eigenvalue weighted by Crippen LogP contribution is -2.69. The summed E-state index contributed by atoms with van der Waals surface area (Å²) in [4.78, 5) is 10.9. The molecule has 13 heteroatoms. The van der Waals surface area contributed by atoms with Gasteiger partial charge >= 0.3 is 0 Å². The van der Waals surface area contributed by atoms with Gasteiger partial charge in [-0.2, -0.15) is 4.31 Å². The summed E-state index contributed by atoms with van der Waals surface area (Å²) in [7, 11) is -2.69. The number of allylic oxidation sites excluding steroid dienone is 1. The van der Waals surface area contributed by atoms with E-state index in [4.69, 9.17) is 28.9 Å². The van der Waals surface area contributed by atoms with Gasteiger partial charge in [0.1, 0.15) is 22.1 Å². The molecule has 4 aromatic carbocycles. The van der Waals surface area contributed by atoms with Gasteiger partial charge in [-0.1, -0.05) is 78.7 Å². The Morgan fingerprint density at radius 2 is 1.68 bits per heavy atom. The summed E-state index contributed by atoms with van der Waals surface area (Å²) in [5.74, 6) is -0.550. The summed E-state index contributed by atoms with van der Waals surface area (Å²) in [6.07, 6.45) is 12.1. The Morgan fingerprint density at radius 3 is 2.48 bits per heavy atom. The Balaban J connectivity index is 1.24. The summed E-state index contributed by atoms with van der Waals surface area (Å²) >= 11 is 0. The van der Waals surface area contributed by atoms with Crippen LogP contribution in [0.1, 0.15) is 75.7 Å². The van der Waals surface area contributed by atoms with Gasteiger partial charge in [0, 0.05) is 56.2 Å². The number of benzene rings is 4. The van der Waals surface area contributed by atoms with E-state index in [1.54, 1.807) is 37.5 Å². The van der Waals surface area contributed by atoms with Crippen LogP contribution >= 0.6 is 0 Å². The molecule has 0 amide bonds. The molecule has 12 nitrogen and oxygen atoms in total. The number of hydrogen-bond donors (Lipinski definition) is 2. The number of nitrogens with zero attached hydrogens (tertiary/aromatic N) is 3. The first-order chi connectivity index (χ1) is 31.7. The van der Waals surface area contributed by atoms with E-state index in [0.29, 0.717) is 59.7 Å². The van der Waals surface area contributed by atoms with Crippen molar-refractivity contribution in [2.75, 3.05) is 33.5 Å². The van der Waals surface area contributed by atoms with Gasteiger partial charge in [0.2, 0.25) is 22.1 Å². The van der Waals surface area contributed by atoms with Gasteiger partial charge in [0.15, 0.2) is 0 Å². The minimum Gasteiger partial charge on any atom is -0.460 e. The number of pyridine rings is 1. The lowest BCUT2D eigenvalue weighted by Gasteiger charge is -2.59. The largest absolute Gasteiger partial charge is 0.460 e. The van der Waals surface area contributed by atoms with E-state index in [0.717, 1.165) is 60.4 Å². The first-order valence-electron chi connectivity index (χ1n) is 23.1.